The Balaban J connectivity index is 2.21. The van der Waals surface area contributed by atoms with Crippen molar-refractivity contribution in [1.82, 2.24) is 9.97 Å². The van der Waals surface area contributed by atoms with Gasteiger partial charge in [-0.15, -0.1) is 0 Å². The Bertz CT molecular complexity index is 435. The maximum atomic E-state index is 9.65. The second kappa shape index (κ2) is 5.84. The Labute approximate surface area is 114 Å². The minimum atomic E-state index is -0.293. The molecule has 0 saturated carbocycles. The van der Waals surface area contributed by atoms with Crippen molar-refractivity contribution in [2.75, 3.05) is 18.0 Å². The zero-order chi connectivity index (χ0) is 14.0. The normalized spacial score (nSPS) is 21.2. The van der Waals surface area contributed by atoms with Crippen molar-refractivity contribution in [3.05, 3.63) is 17.7 Å². The van der Waals surface area contributed by atoms with E-state index >= 15 is 0 Å². The lowest BCUT2D eigenvalue weighted by Crippen LogP contribution is -2.25. The zero-order valence-electron chi connectivity index (χ0n) is 11.9. The Hall–Kier alpha value is -1.20. The van der Waals surface area contributed by atoms with Crippen molar-refractivity contribution >= 4 is 5.69 Å². The monoisotopic (exact) mass is 265 g/mol. The highest BCUT2D eigenvalue weighted by molar-refractivity contribution is 5.50. The second-order valence-corrected chi connectivity index (χ2v) is 5.61. The summed E-state index contributed by atoms with van der Waals surface area (Å²) in [6.07, 6.45) is 2.48. The third kappa shape index (κ3) is 3.04. The topological polar surface area (TPSA) is 69.5 Å². The molecule has 2 N–H and O–H groups in total. The van der Waals surface area contributed by atoms with E-state index in [4.69, 9.17) is 0 Å². The summed E-state index contributed by atoms with van der Waals surface area (Å²) >= 11 is 0. The molecule has 0 spiro atoms. The maximum absolute atomic E-state index is 9.65. The quantitative estimate of drug-likeness (QED) is 0.858. The van der Waals surface area contributed by atoms with Gasteiger partial charge in [0.1, 0.15) is 5.82 Å². The minimum Gasteiger partial charge on any atom is -0.393 e. The lowest BCUT2D eigenvalue weighted by Gasteiger charge is -2.22. The van der Waals surface area contributed by atoms with E-state index in [0.717, 1.165) is 31.0 Å². The molecule has 0 radical (unpaired) electrons. The Morgan fingerprint density at radius 1 is 1.42 bits per heavy atom. The van der Waals surface area contributed by atoms with Crippen LogP contribution in [0.25, 0.3) is 0 Å². The molecule has 5 heteroatoms. The van der Waals surface area contributed by atoms with Gasteiger partial charge in [-0.05, 0) is 13.3 Å². The molecular weight excluding hydrogens is 242 g/mol. The van der Waals surface area contributed by atoms with Crippen LogP contribution >= 0.6 is 0 Å². The molecule has 1 saturated heterocycles. The van der Waals surface area contributed by atoms with E-state index in [1.54, 1.807) is 6.20 Å². The molecule has 0 aromatic carbocycles. The van der Waals surface area contributed by atoms with E-state index in [9.17, 15) is 10.2 Å². The molecule has 2 unspecified atom stereocenters. The fraction of sp³-hybridized carbons (Fsp3) is 0.714. The van der Waals surface area contributed by atoms with Crippen LogP contribution in [-0.4, -0.2) is 39.4 Å². The number of anilines is 1. The number of aromatic nitrogens is 2. The molecule has 1 aromatic rings. The van der Waals surface area contributed by atoms with Crippen LogP contribution in [0.5, 0.6) is 0 Å². The third-order valence-electron chi connectivity index (χ3n) is 3.78. The fourth-order valence-electron chi connectivity index (χ4n) is 2.48. The SMILES string of the molecule is CC(C)c1ncc(N2CCC(C(C)O)C2)c(CO)n1. The molecule has 2 heterocycles. The predicted octanol–water partition coefficient (Wildman–Crippen LogP) is 1.30. The lowest BCUT2D eigenvalue weighted by molar-refractivity contribution is 0.136. The highest BCUT2D eigenvalue weighted by atomic mass is 16.3. The Kier molecular flexibility index (Phi) is 4.37. The van der Waals surface area contributed by atoms with Crippen LogP contribution in [0.2, 0.25) is 0 Å². The summed E-state index contributed by atoms with van der Waals surface area (Å²) in [4.78, 5) is 11.0. The largest absolute Gasteiger partial charge is 0.393 e. The molecule has 19 heavy (non-hydrogen) atoms. The summed E-state index contributed by atoms with van der Waals surface area (Å²) in [7, 11) is 0. The van der Waals surface area contributed by atoms with Crippen molar-refractivity contribution < 1.29 is 10.2 Å². The van der Waals surface area contributed by atoms with Crippen molar-refractivity contribution in [3.8, 4) is 0 Å². The van der Waals surface area contributed by atoms with Crippen molar-refractivity contribution in [3.63, 3.8) is 0 Å². The number of rotatable bonds is 4. The predicted molar refractivity (Wildman–Crippen MR) is 74.0 cm³/mol. The highest BCUT2D eigenvalue weighted by Crippen LogP contribution is 2.28. The molecule has 0 amide bonds. The van der Waals surface area contributed by atoms with Gasteiger partial charge >= 0.3 is 0 Å². The van der Waals surface area contributed by atoms with Gasteiger partial charge in [-0.2, -0.15) is 0 Å². The maximum Gasteiger partial charge on any atom is 0.131 e. The van der Waals surface area contributed by atoms with Gasteiger partial charge in [0.15, 0.2) is 0 Å². The first kappa shape index (κ1) is 14.2. The summed E-state index contributed by atoms with van der Waals surface area (Å²) < 4.78 is 0. The fourth-order valence-corrected chi connectivity index (χ4v) is 2.48. The molecule has 1 aliphatic heterocycles. The average Bonchev–Trinajstić information content (AvgIpc) is 2.87. The molecule has 1 fully saturated rings. The van der Waals surface area contributed by atoms with E-state index in [2.05, 4.69) is 14.9 Å². The minimum absolute atomic E-state index is 0.0760. The van der Waals surface area contributed by atoms with Crippen molar-refractivity contribution in [2.24, 2.45) is 5.92 Å². The molecule has 5 nitrogen and oxygen atoms in total. The van der Waals surface area contributed by atoms with Crippen molar-refractivity contribution in [1.29, 1.82) is 0 Å². The van der Waals surface area contributed by atoms with E-state index in [1.165, 1.54) is 0 Å². The van der Waals surface area contributed by atoms with Crippen LogP contribution in [0.3, 0.4) is 0 Å². The van der Waals surface area contributed by atoms with Gasteiger partial charge in [0.25, 0.3) is 0 Å². The number of nitrogens with zero attached hydrogens (tertiary/aromatic N) is 3. The number of hydrogen-bond donors (Lipinski definition) is 2. The first-order chi connectivity index (χ1) is 9.02. The van der Waals surface area contributed by atoms with Gasteiger partial charge in [0.2, 0.25) is 0 Å². The van der Waals surface area contributed by atoms with Gasteiger partial charge in [0, 0.05) is 24.9 Å². The number of aliphatic hydroxyl groups excluding tert-OH is 2. The van der Waals surface area contributed by atoms with Crippen LogP contribution in [0, 0.1) is 5.92 Å². The van der Waals surface area contributed by atoms with E-state index < -0.39 is 0 Å². The molecule has 0 aliphatic carbocycles. The lowest BCUT2D eigenvalue weighted by atomic mass is 10.0. The van der Waals surface area contributed by atoms with Gasteiger partial charge in [-0.25, -0.2) is 9.97 Å². The molecule has 106 valence electrons. The van der Waals surface area contributed by atoms with Gasteiger partial charge in [0.05, 0.1) is 30.3 Å². The Morgan fingerprint density at radius 3 is 2.68 bits per heavy atom. The molecule has 2 atom stereocenters. The van der Waals surface area contributed by atoms with E-state index in [0.29, 0.717) is 5.69 Å². The number of hydrogen-bond acceptors (Lipinski definition) is 5. The van der Waals surface area contributed by atoms with Gasteiger partial charge < -0.3 is 15.1 Å². The van der Waals surface area contributed by atoms with Crippen molar-refractivity contribution in [2.45, 2.75) is 45.8 Å². The van der Waals surface area contributed by atoms with Crippen LogP contribution in [0.15, 0.2) is 6.20 Å². The summed E-state index contributed by atoms with van der Waals surface area (Å²) in [6.45, 7) is 7.51. The average molecular weight is 265 g/mol. The van der Waals surface area contributed by atoms with Gasteiger partial charge in [-0.3, -0.25) is 0 Å². The summed E-state index contributed by atoms with van der Waals surface area (Å²) in [5, 5.41) is 19.1. The molecule has 1 aromatic heterocycles. The molecule has 1 aliphatic rings. The first-order valence-corrected chi connectivity index (χ1v) is 6.92. The van der Waals surface area contributed by atoms with E-state index in [1.807, 2.05) is 20.8 Å². The third-order valence-corrected chi connectivity index (χ3v) is 3.78. The standard InChI is InChI=1S/C14H23N3O2/c1-9(2)14-15-6-13(12(8-18)16-14)17-5-4-11(7-17)10(3)19/h6,9-11,18-19H,4-5,7-8H2,1-3H3. The van der Waals surface area contributed by atoms with Crippen LogP contribution < -0.4 is 4.90 Å². The molecule has 2 rings (SSSR count). The zero-order valence-corrected chi connectivity index (χ0v) is 11.9. The highest BCUT2D eigenvalue weighted by Gasteiger charge is 2.28. The van der Waals surface area contributed by atoms with Crippen LogP contribution in [0.1, 0.15) is 44.6 Å². The summed E-state index contributed by atoms with van der Waals surface area (Å²) in [5.74, 6) is 1.30. The van der Waals surface area contributed by atoms with E-state index in [-0.39, 0.29) is 24.5 Å². The molecular formula is C14H23N3O2. The van der Waals surface area contributed by atoms with Crippen LogP contribution in [0.4, 0.5) is 5.69 Å². The Morgan fingerprint density at radius 2 is 2.16 bits per heavy atom. The first-order valence-electron chi connectivity index (χ1n) is 6.92. The smallest absolute Gasteiger partial charge is 0.131 e. The number of aliphatic hydroxyl groups is 2. The summed E-state index contributed by atoms with van der Waals surface area (Å²) in [5.41, 5.74) is 1.58. The summed E-state index contributed by atoms with van der Waals surface area (Å²) in [6, 6.07) is 0. The second-order valence-electron chi connectivity index (χ2n) is 5.61. The van der Waals surface area contributed by atoms with Crippen LogP contribution in [-0.2, 0) is 6.61 Å². The van der Waals surface area contributed by atoms with Gasteiger partial charge in [-0.1, -0.05) is 13.8 Å². The molecule has 0 bridgehead atoms.